The Hall–Kier alpha value is -2.71. The molecule has 1 amide bonds. The van der Waals surface area contributed by atoms with Crippen LogP contribution in [0.25, 0.3) is 0 Å². The third-order valence-corrected chi connectivity index (χ3v) is 10.9. The smallest absolute Gasteiger partial charge is 0.335 e. The van der Waals surface area contributed by atoms with Gasteiger partial charge in [-0.25, -0.2) is 4.79 Å². The van der Waals surface area contributed by atoms with Crippen molar-refractivity contribution in [3.63, 3.8) is 0 Å². The first-order chi connectivity index (χ1) is 17.5. The molecule has 0 aliphatic heterocycles. The van der Waals surface area contributed by atoms with Gasteiger partial charge in [-0.1, -0.05) is 63.3 Å². The minimum Gasteiger partial charge on any atom is -0.460 e. The standard InChI is InChI=1S/C30H47NO6Si/c1-11-16-23(20-26(32)36-29(3,4)5)27(33)31-21-25(22-18-14-13-15-19-22)35-28(34)24(17-12-2)37-38(9,10)30(6,7)8/h11-15,18-19,23-25H,1-2,16-17,20-21H2,3-10H3,(H,31,33). The molecule has 1 N–H and O–H groups in total. The van der Waals surface area contributed by atoms with Crippen molar-refractivity contribution in [2.45, 2.75) is 96.7 Å². The second-order valence-corrected chi connectivity index (χ2v) is 16.7. The molecule has 0 saturated heterocycles. The summed E-state index contributed by atoms with van der Waals surface area (Å²) in [6.07, 6.45) is 2.26. The Bertz CT molecular complexity index is 946. The Balaban J connectivity index is 3.05. The summed E-state index contributed by atoms with van der Waals surface area (Å²) in [6, 6.07) is 9.22. The lowest BCUT2D eigenvalue weighted by Gasteiger charge is -2.38. The van der Waals surface area contributed by atoms with E-state index in [1.54, 1.807) is 32.9 Å². The number of hydrogen-bond acceptors (Lipinski definition) is 6. The first-order valence-electron chi connectivity index (χ1n) is 13.2. The summed E-state index contributed by atoms with van der Waals surface area (Å²) in [5, 5.41) is 2.77. The normalized spacial score (nSPS) is 14.5. The summed E-state index contributed by atoms with van der Waals surface area (Å²) in [6.45, 7) is 23.3. The predicted octanol–water partition coefficient (Wildman–Crippen LogP) is 6.28. The summed E-state index contributed by atoms with van der Waals surface area (Å²) in [5.41, 5.74) is 0.0890. The van der Waals surface area contributed by atoms with Crippen LogP contribution in [0.3, 0.4) is 0 Å². The number of amides is 1. The van der Waals surface area contributed by atoms with Crippen LogP contribution in [0.5, 0.6) is 0 Å². The van der Waals surface area contributed by atoms with Gasteiger partial charge in [0.25, 0.3) is 0 Å². The van der Waals surface area contributed by atoms with Crippen molar-refractivity contribution in [2.75, 3.05) is 6.54 Å². The molecule has 0 spiro atoms. The summed E-state index contributed by atoms with van der Waals surface area (Å²) in [5.74, 6) is -1.95. The number of esters is 2. The summed E-state index contributed by atoms with van der Waals surface area (Å²) in [7, 11) is -2.26. The zero-order valence-electron chi connectivity index (χ0n) is 24.5. The molecule has 1 rings (SSSR count). The maximum absolute atomic E-state index is 13.3. The molecule has 0 radical (unpaired) electrons. The number of allylic oxidation sites excluding steroid dienone is 1. The van der Waals surface area contributed by atoms with E-state index in [2.05, 4.69) is 52.3 Å². The van der Waals surface area contributed by atoms with Gasteiger partial charge in [0.1, 0.15) is 17.8 Å². The van der Waals surface area contributed by atoms with Gasteiger partial charge in [0.15, 0.2) is 8.32 Å². The van der Waals surface area contributed by atoms with Gasteiger partial charge in [0, 0.05) is 6.42 Å². The highest BCUT2D eigenvalue weighted by molar-refractivity contribution is 6.74. The van der Waals surface area contributed by atoms with Crippen molar-refractivity contribution >= 4 is 26.2 Å². The molecule has 0 heterocycles. The number of nitrogens with one attached hydrogen (secondary N) is 1. The van der Waals surface area contributed by atoms with E-state index in [0.29, 0.717) is 12.8 Å². The van der Waals surface area contributed by atoms with Crippen LogP contribution >= 0.6 is 0 Å². The van der Waals surface area contributed by atoms with Crippen LogP contribution in [-0.4, -0.2) is 44.4 Å². The topological polar surface area (TPSA) is 90.9 Å². The quantitative estimate of drug-likeness (QED) is 0.168. The Labute approximate surface area is 230 Å². The van der Waals surface area contributed by atoms with Crippen LogP contribution in [0.15, 0.2) is 55.6 Å². The molecule has 0 bridgehead atoms. The molecule has 0 aromatic heterocycles. The number of hydrogen-bond donors (Lipinski definition) is 1. The second-order valence-electron chi connectivity index (χ2n) is 12.0. The van der Waals surface area contributed by atoms with E-state index in [0.717, 1.165) is 5.56 Å². The highest BCUT2D eigenvalue weighted by Gasteiger charge is 2.41. The number of benzene rings is 1. The van der Waals surface area contributed by atoms with Crippen LogP contribution in [0, 0.1) is 5.92 Å². The Kier molecular flexibility index (Phi) is 12.7. The largest absolute Gasteiger partial charge is 0.460 e. The minimum atomic E-state index is -2.26. The molecule has 0 fully saturated rings. The lowest BCUT2D eigenvalue weighted by molar-refractivity contribution is -0.158. The van der Waals surface area contributed by atoms with E-state index >= 15 is 0 Å². The molecule has 0 aliphatic rings. The van der Waals surface area contributed by atoms with E-state index in [9.17, 15) is 14.4 Å². The van der Waals surface area contributed by atoms with Crippen LogP contribution in [0.4, 0.5) is 0 Å². The van der Waals surface area contributed by atoms with Crippen LogP contribution in [0.1, 0.15) is 72.5 Å². The molecule has 0 aliphatic carbocycles. The average Bonchev–Trinajstić information content (AvgIpc) is 2.79. The fourth-order valence-corrected chi connectivity index (χ4v) is 4.65. The van der Waals surface area contributed by atoms with Gasteiger partial charge in [-0.05, 0) is 50.9 Å². The zero-order valence-corrected chi connectivity index (χ0v) is 25.5. The maximum Gasteiger partial charge on any atom is 0.335 e. The van der Waals surface area contributed by atoms with Crippen LogP contribution in [-0.2, 0) is 28.3 Å². The lowest BCUT2D eigenvalue weighted by Crippen LogP contribution is -2.46. The van der Waals surface area contributed by atoms with Crippen molar-refractivity contribution in [2.24, 2.45) is 5.92 Å². The second kappa shape index (κ2) is 14.4. The predicted molar refractivity (Wildman–Crippen MR) is 154 cm³/mol. The summed E-state index contributed by atoms with van der Waals surface area (Å²) < 4.78 is 17.7. The number of ether oxygens (including phenoxy) is 2. The lowest BCUT2D eigenvalue weighted by atomic mass is 10.00. The molecule has 3 atom stereocenters. The van der Waals surface area contributed by atoms with E-state index in [4.69, 9.17) is 13.9 Å². The van der Waals surface area contributed by atoms with Crippen molar-refractivity contribution in [3.05, 3.63) is 61.2 Å². The van der Waals surface area contributed by atoms with E-state index in [1.807, 2.05) is 30.3 Å². The van der Waals surface area contributed by atoms with Crippen LogP contribution < -0.4 is 5.32 Å². The highest BCUT2D eigenvalue weighted by atomic mass is 28.4. The molecule has 1 aromatic rings. The monoisotopic (exact) mass is 545 g/mol. The van der Waals surface area contributed by atoms with Gasteiger partial charge in [0.2, 0.25) is 5.91 Å². The molecule has 0 saturated carbocycles. The molecular formula is C30H47NO6Si. The number of rotatable bonds is 14. The van der Waals surface area contributed by atoms with Crippen molar-refractivity contribution in [1.29, 1.82) is 0 Å². The van der Waals surface area contributed by atoms with Crippen LogP contribution in [0.2, 0.25) is 18.1 Å². The van der Waals surface area contributed by atoms with Gasteiger partial charge in [-0.15, -0.1) is 13.2 Å². The number of carbonyl (C=O) groups is 3. The minimum absolute atomic E-state index is 0.0391. The Morgan fingerprint density at radius 3 is 2.05 bits per heavy atom. The molecule has 7 nitrogen and oxygen atoms in total. The van der Waals surface area contributed by atoms with Crippen molar-refractivity contribution < 1.29 is 28.3 Å². The third kappa shape index (κ3) is 11.4. The average molecular weight is 546 g/mol. The molecule has 38 heavy (non-hydrogen) atoms. The van der Waals surface area contributed by atoms with Gasteiger partial charge >= 0.3 is 11.9 Å². The van der Waals surface area contributed by atoms with Gasteiger partial charge in [-0.2, -0.15) is 0 Å². The Morgan fingerprint density at radius 1 is 0.974 bits per heavy atom. The van der Waals surface area contributed by atoms with Crippen molar-refractivity contribution in [3.8, 4) is 0 Å². The maximum atomic E-state index is 13.3. The Morgan fingerprint density at radius 2 is 1.55 bits per heavy atom. The zero-order chi connectivity index (χ0) is 29.1. The van der Waals surface area contributed by atoms with Gasteiger partial charge in [0.05, 0.1) is 18.9 Å². The van der Waals surface area contributed by atoms with E-state index in [1.165, 1.54) is 0 Å². The van der Waals surface area contributed by atoms with Crippen molar-refractivity contribution in [1.82, 2.24) is 5.32 Å². The third-order valence-electron chi connectivity index (χ3n) is 6.43. The highest BCUT2D eigenvalue weighted by Crippen LogP contribution is 2.38. The molecule has 8 heteroatoms. The van der Waals surface area contributed by atoms with Gasteiger partial charge < -0.3 is 19.2 Å². The summed E-state index contributed by atoms with van der Waals surface area (Å²) >= 11 is 0. The molecule has 1 aromatic carbocycles. The van der Waals surface area contributed by atoms with E-state index in [-0.39, 0.29) is 23.9 Å². The first-order valence-corrected chi connectivity index (χ1v) is 16.1. The van der Waals surface area contributed by atoms with E-state index < -0.39 is 44.0 Å². The number of carbonyl (C=O) groups excluding carboxylic acids is 3. The van der Waals surface area contributed by atoms with Gasteiger partial charge in [-0.3, -0.25) is 9.59 Å². The molecule has 212 valence electrons. The SMILES string of the molecule is C=CCC(CC(=O)OC(C)(C)C)C(=O)NCC(OC(=O)C(CC=C)O[Si](C)(C)C(C)(C)C)c1ccccc1. The fraction of sp³-hybridized carbons (Fsp3) is 0.567. The first kappa shape index (κ1) is 33.3. The molecule has 3 unspecified atom stereocenters. The summed E-state index contributed by atoms with van der Waals surface area (Å²) in [4.78, 5) is 38.7. The fourth-order valence-electron chi connectivity index (χ4n) is 3.39. The molecular weight excluding hydrogens is 498 g/mol.